The van der Waals surface area contributed by atoms with Crippen molar-refractivity contribution < 1.29 is 9.53 Å². The molecule has 0 aliphatic carbocycles. The van der Waals surface area contributed by atoms with Crippen molar-refractivity contribution in [1.29, 1.82) is 0 Å². The Morgan fingerprint density at radius 1 is 1.20 bits per heavy atom. The molecule has 0 bridgehead atoms. The van der Waals surface area contributed by atoms with E-state index in [1.807, 2.05) is 60.2 Å². The number of anilines is 1. The third kappa shape index (κ3) is 6.50. The molecule has 4 aromatic rings. The summed E-state index contributed by atoms with van der Waals surface area (Å²) in [5.41, 5.74) is 4.08. The number of carbonyl (C=O) groups excluding carboxylic acids is 1. The van der Waals surface area contributed by atoms with Crippen LogP contribution in [0.5, 0.6) is 5.75 Å². The molecule has 0 atom stereocenters. The first-order chi connectivity index (χ1) is 16.9. The van der Waals surface area contributed by atoms with E-state index >= 15 is 0 Å². The molecule has 7 nitrogen and oxygen atoms in total. The van der Waals surface area contributed by atoms with Gasteiger partial charge in [-0.1, -0.05) is 65.3 Å². The molecule has 1 N–H and O–H groups in total. The van der Waals surface area contributed by atoms with Gasteiger partial charge in [0.25, 0.3) is 0 Å². The molecule has 0 saturated carbocycles. The molecule has 1 amide bonds. The number of amides is 1. The van der Waals surface area contributed by atoms with Crippen LogP contribution in [0.2, 0.25) is 5.02 Å². The Labute approximate surface area is 217 Å². The quantitative estimate of drug-likeness (QED) is 0.197. The van der Waals surface area contributed by atoms with Crippen molar-refractivity contribution in [3.8, 4) is 17.0 Å². The molecule has 2 aromatic carbocycles. The molecule has 0 spiro atoms. The molecule has 0 saturated heterocycles. The van der Waals surface area contributed by atoms with Gasteiger partial charge < -0.3 is 10.1 Å². The predicted molar refractivity (Wildman–Crippen MR) is 142 cm³/mol. The van der Waals surface area contributed by atoms with Crippen LogP contribution in [0.15, 0.2) is 65.7 Å². The summed E-state index contributed by atoms with van der Waals surface area (Å²) < 4.78 is 7.74. The molecule has 35 heavy (non-hydrogen) atoms. The zero-order valence-corrected chi connectivity index (χ0v) is 21.7. The number of aromatic nitrogens is 4. The number of hydrogen-bond donors (Lipinski definition) is 1. The normalized spacial score (nSPS) is 10.8. The van der Waals surface area contributed by atoms with E-state index in [0.717, 1.165) is 16.8 Å². The number of ether oxygens (including phenoxy) is 1. The van der Waals surface area contributed by atoms with Gasteiger partial charge in [0.1, 0.15) is 12.4 Å². The second kappa shape index (κ2) is 11.5. The van der Waals surface area contributed by atoms with E-state index in [0.29, 0.717) is 33.4 Å². The van der Waals surface area contributed by atoms with Crippen LogP contribution >= 0.6 is 34.7 Å². The smallest absolute Gasteiger partial charge is 0.236 e. The van der Waals surface area contributed by atoms with E-state index in [9.17, 15) is 4.79 Å². The first-order valence-corrected chi connectivity index (χ1v) is 13.0. The molecule has 0 radical (unpaired) electrons. The molecular formula is C25H24ClN5O2S2. The van der Waals surface area contributed by atoms with Gasteiger partial charge in [-0.05, 0) is 31.5 Å². The standard InChI is InChI=1S/C25H24ClN5O2S2/c1-4-11-31-22(13-33-21-12-17(3)7-10-19(21)26)29-30-25(31)35-15-23(32)28-24-27-20(14-34-24)18-8-5-16(2)6-9-18/h4-10,12,14H,1,11,13,15H2,2-3H3,(H,27,28,32). The van der Waals surface area contributed by atoms with E-state index < -0.39 is 0 Å². The lowest BCUT2D eigenvalue weighted by Crippen LogP contribution is -2.15. The van der Waals surface area contributed by atoms with Crippen molar-refractivity contribution in [3.05, 3.63) is 82.5 Å². The van der Waals surface area contributed by atoms with Gasteiger partial charge in [-0.15, -0.1) is 28.1 Å². The fourth-order valence-electron chi connectivity index (χ4n) is 3.18. The third-order valence-corrected chi connectivity index (χ3v) is 7.02. The highest BCUT2D eigenvalue weighted by atomic mass is 35.5. The number of rotatable bonds is 10. The lowest BCUT2D eigenvalue weighted by Gasteiger charge is -2.10. The lowest BCUT2D eigenvalue weighted by molar-refractivity contribution is -0.113. The molecule has 4 rings (SSSR count). The van der Waals surface area contributed by atoms with E-state index in [1.165, 1.54) is 28.7 Å². The summed E-state index contributed by atoms with van der Waals surface area (Å²) >= 11 is 8.91. The second-order valence-electron chi connectivity index (χ2n) is 7.76. The van der Waals surface area contributed by atoms with E-state index in [-0.39, 0.29) is 18.3 Å². The van der Waals surface area contributed by atoms with Crippen LogP contribution in [0.1, 0.15) is 17.0 Å². The minimum atomic E-state index is -0.169. The average molecular weight is 526 g/mol. The van der Waals surface area contributed by atoms with Crippen molar-refractivity contribution in [3.63, 3.8) is 0 Å². The van der Waals surface area contributed by atoms with Crippen LogP contribution < -0.4 is 10.1 Å². The molecule has 0 fully saturated rings. The van der Waals surface area contributed by atoms with Crippen molar-refractivity contribution in [2.24, 2.45) is 0 Å². The summed E-state index contributed by atoms with van der Waals surface area (Å²) in [7, 11) is 0. The number of nitrogens with zero attached hydrogens (tertiary/aromatic N) is 4. The average Bonchev–Trinajstić information content (AvgIpc) is 3.46. The number of allylic oxidation sites excluding steroid dienone is 1. The number of nitrogens with one attached hydrogen (secondary N) is 1. The number of carbonyl (C=O) groups is 1. The fourth-order valence-corrected chi connectivity index (χ4v) is 4.86. The van der Waals surface area contributed by atoms with E-state index in [1.54, 1.807) is 12.1 Å². The number of halogens is 1. The number of aryl methyl sites for hydroxylation is 2. The van der Waals surface area contributed by atoms with Crippen LogP contribution in [-0.2, 0) is 17.9 Å². The Hall–Kier alpha value is -3.14. The zero-order valence-electron chi connectivity index (χ0n) is 19.3. The SMILES string of the molecule is C=CCn1c(COc2cc(C)ccc2Cl)nnc1SCC(=O)Nc1nc(-c2ccc(C)cc2)cs1. The van der Waals surface area contributed by atoms with Crippen LogP contribution in [0.4, 0.5) is 5.13 Å². The van der Waals surface area contributed by atoms with Crippen molar-refractivity contribution in [2.45, 2.75) is 32.2 Å². The molecule has 2 heterocycles. The van der Waals surface area contributed by atoms with Gasteiger partial charge >= 0.3 is 0 Å². The van der Waals surface area contributed by atoms with Crippen molar-refractivity contribution in [2.75, 3.05) is 11.1 Å². The van der Waals surface area contributed by atoms with E-state index in [2.05, 4.69) is 27.1 Å². The van der Waals surface area contributed by atoms with Crippen molar-refractivity contribution in [1.82, 2.24) is 19.7 Å². The zero-order chi connectivity index (χ0) is 24.8. The summed E-state index contributed by atoms with van der Waals surface area (Å²) in [5.74, 6) is 1.20. The van der Waals surface area contributed by atoms with Crippen molar-refractivity contribution >= 4 is 45.7 Å². The summed E-state index contributed by atoms with van der Waals surface area (Å²) in [4.78, 5) is 17.1. The number of thioether (sulfide) groups is 1. The first kappa shape index (κ1) is 25.0. The lowest BCUT2D eigenvalue weighted by atomic mass is 10.1. The molecule has 0 unspecified atom stereocenters. The topological polar surface area (TPSA) is 81.9 Å². The van der Waals surface area contributed by atoms with Gasteiger partial charge in [0, 0.05) is 17.5 Å². The highest BCUT2D eigenvalue weighted by molar-refractivity contribution is 7.99. The van der Waals surface area contributed by atoms with Gasteiger partial charge in [0.2, 0.25) is 5.91 Å². The maximum atomic E-state index is 12.6. The summed E-state index contributed by atoms with van der Waals surface area (Å²) in [6, 6.07) is 13.7. The molecule has 2 aromatic heterocycles. The van der Waals surface area contributed by atoms with Gasteiger partial charge in [-0.25, -0.2) is 4.98 Å². The molecule has 0 aliphatic heterocycles. The third-order valence-electron chi connectivity index (χ3n) is 4.98. The first-order valence-electron chi connectivity index (χ1n) is 10.8. The number of thiazole rings is 1. The summed E-state index contributed by atoms with van der Waals surface area (Å²) in [6.45, 7) is 8.50. The molecule has 0 aliphatic rings. The second-order valence-corrected chi connectivity index (χ2v) is 9.97. The van der Waals surface area contributed by atoms with Gasteiger partial charge in [0.05, 0.1) is 16.5 Å². The van der Waals surface area contributed by atoms with Crippen LogP contribution in [0.3, 0.4) is 0 Å². The number of hydrogen-bond acceptors (Lipinski definition) is 7. The number of benzene rings is 2. The Kier molecular flexibility index (Phi) is 8.22. The Balaban J connectivity index is 1.36. The highest BCUT2D eigenvalue weighted by Gasteiger charge is 2.16. The molecular weight excluding hydrogens is 502 g/mol. The fraction of sp³-hybridized carbons (Fsp3) is 0.200. The Morgan fingerprint density at radius 3 is 2.74 bits per heavy atom. The maximum absolute atomic E-state index is 12.6. The molecule has 10 heteroatoms. The van der Waals surface area contributed by atoms with Crippen LogP contribution in [0, 0.1) is 13.8 Å². The predicted octanol–water partition coefficient (Wildman–Crippen LogP) is 6.17. The minimum Gasteiger partial charge on any atom is -0.484 e. The largest absolute Gasteiger partial charge is 0.484 e. The Morgan fingerprint density at radius 2 is 1.97 bits per heavy atom. The monoisotopic (exact) mass is 525 g/mol. The summed E-state index contributed by atoms with van der Waals surface area (Å²) in [5, 5.41) is 15.0. The van der Waals surface area contributed by atoms with Gasteiger partial charge in [-0.2, -0.15) is 0 Å². The highest BCUT2D eigenvalue weighted by Crippen LogP contribution is 2.27. The maximum Gasteiger partial charge on any atom is 0.236 e. The van der Waals surface area contributed by atoms with Crippen LogP contribution in [-0.4, -0.2) is 31.4 Å². The van der Waals surface area contributed by atoms with Gasteiger partial charge in [-0.3, -0.25) is 9.36 Å². The molecule has 180 valence electrons. The van der Waals surface area contributed by atoms with Crippen LogP contribution in [0.25, 0.3) is 11.3 Å². The Bertz CT molecular complexity index is 1330. The van der Waals surface area contributed by atoms with E-state index in [4.69, 9.17) is 16.3 Å². The summed E-state index contributed by atoms with van der Waals surface area (Å²) in [6.07, 6.45) is 1.75. The van der Waals surface area contributed by atoms with Gasteiger partial charge in [0.15, 0.2) is 16.1 Å². The minimum absolute atomic E-state index is 0.166.